The van der Waals surface area contributed by atoms with Crippen molar-refractivity contribution in [3.05, 3.63) is 60.7 Å². The van der Waals surface area contributed by atoms with E-state index < -0.39 is 18.0 Å². The second kappa shape index (κ2) is 6.02. The quantitative estimate of drug-likeness (QED) is 0.455. The molecule has 0 saturated heterocycles. The van der Waals surface area contributed by atoms with E-state index >= 15 is 0 Å². The van der Waals surface area contributed by atoms with Gasteiger partial charge in [0.25, 0.3) is 0 Å². The molecule has 0 atom stereocenters. The monoisotopic (exact) mass is 334 g/mol. The Balaban J connectivity index is 2.41. The third-order valence-electron chi connectivity index (χ3n) is 2.97. The van der Waals surface area contributed by atoms with Crippen molar-refractivity contribution in [3.8, 4) is 0 Å². The third-order valence-corrected chi connectivity index (χ3v) is 2.97. The Labute approximate surface area is 128 Å². The number of benzene rings is 2. The van der Waals surface area contributed by atoms with E-state index in [2.05, 4.69) is 0 Å². The summed E-state index contributed by atoms with van der Waals surface area (Å²) >= 11 is 0. The molecule has 0 amide bonds. The fraction of sp³-hybridized carbons (Fsp3) is 0.200. The van der Waals surface area contributed by atoms with Gasteiger partial charge >= 0.3 is 18.0 Å². The summed E-state index contributed by atoms with van der Waals surface area (Å²) in [6, 6.07) is 13.2. The van der Waals surface area contributed by atoms with Crippen LogP contribution in [0.15, 0.2) is 60.7 Å². The zero-order valence-corrected chi connectivity index (χ0v) is 11.5. The zero-order valence-electron chi connectivity index (χ0n) is 11.5. The highest BCUT2D eigenvalue weighted by Gasteiger charge is 2.72. The molecule has 0 saturated carbocycles. The van der Waals surface area contributed by atoms with E-state index in [0.29, 0.717) is 0 Å². The van der Waals surface area contributed by atoms with Crippen molar-refractivity contribution in [1.29, 1.82) is 0 Å². The number of rotatable bonds is 5. The van der Waals surface area contributed by atoms with E-state index in [1.165, 1.54) is 60.7 Å². The maximum absolute atomic E-state index is 14.7. The summed E-state index contributed by atoms with van der Waals surface area (Å²) in [6.07, 6.45) is -6.09. The molecule has 0 spiro atoms. The number of anilines is 2. The first-order valence-corrected chi connectivity index (χ1v) is 6.46. The number of hydrogen-bond donors (Lipinski definition) is 2. The molecule has 8 heteroatoms. The van der Waals surface area contributed by atoms with Crippen LogP contribution in [0.1, 0.15) is 0 Å². The lowest BCUT2D eigenvalue weighted by Crippen LogP contribution is -2.63. The van der Waals surface area contributed by atoms with Gasteiger partial charge in [-0.05, 0) is 24.3 Å². The van der Waals surface area contributed by atoms with Crippen LogP contribution in [0, 0.1) is 0 Å². The minimum Gasteiger partial charge on any atom is -0.331 e. The van der Waals surface area contributed by atoms with Crippen molar-refractivity contribution in [2.75, 3.05) is 10.6 Å². The molecule has 2 nitrogen and oxygen atoms in total. The van der Waals surface area contributed by atoms with Crippen molar-refractivity contribution in [2.45, 2.75) is 18.0 Å². The normalized spacial score (nSPS) is 12.8. The number of para-hydroxylation sites is 2. The summed E-state index contributed by atoms with van der Waals surface area (Å²) < 4.78 is 80.2. The van der Waals surface area contributed by atoms with Crippen LogP contribution in [0.5, 0.6) is 0 Å². The van der Waals surface area contributed by atoms with Crippen LogP contribution >= 0.6 is 0 Å². The molecule has 2 rings (SSSR count). The molecule has 0 aliphatic carbocycles. The van der Waals surface area contributed by atoms with Gasteiger partial charge in [0.2, 0.25) is 0 Å². The number of hydrogen-bond acceptors (Lipinski definition) is 2. The predicted molar refractivity (Wildman–Crippen MR) is 75.0 cm³/mol. The van der Waals surface area contributed by atoms with Crippen molar-refractivity contribution < 1.29 is 26.3 Å². The first kappa shape index (κ1) is 17.0. The van der Waals surface area contributed by atoms with Crippen molar-refractivity contribution >= 4 is 11.4 Å². The highest BCUT2D eigenvalue weighted by molar-refractivity contribution is 5.52. The standard InChI is InChI=1S/C15H12F6N2/c16-13(17,14(18,19)20)15(21,22-11-7-3-1-4-8-11)23-12-9-5-2-6-10-12/h1-10,22-23H. The maximum atomic E-state index is 14.7. The number of nitrogens with one attached hydrogen (secondary N) is 2. The van der Waals surface area contributed by atoms with Crippen LogP contribution in [0.3, 0.4) is 0 Å². The van der Waals surface area contributed by atoms with Crippen LogP contribution in [0.4, 0.5) is 37.7 Å². The van der Waals surface area contributed by atoms with Gasteiger partial charge in [0.05, 0.1) is 0 Å². The first-order chi connectivity index (χ1) is 10.7. The summed E-state index contributed by atoms with van der Waals surface area (Å²) in [5.41, 5.74) is -0.468. The molecular weight excluding hydrogens is 322 g/mol. The van der Waals surface area contributed by atoms with E-state index in [1.54, 1.807) is 10.6 Å². The van der Waals surface area contributed by atoms with Crippen LogP contribution in [-0.4, -0.2) is 18.0 Å². The van der Waals surface area contributed by atoms with Crippen molar-refractivity contribution in [2.24, 2.45) is 0 Å². The van der Waals surface area contributed by atoms with Crippen molar-refractivity contribution in [3.63, 3.8) is 0 Å². The van der Waals surface area contributed by atoms with E-state index in [-0.39, 0.29) is 11.4 Å². The van der Waals surface area contributed by atoms with E-state index in [9.17, 15) is 26.3 Å². The molecule has 0 aliphatic heterocycles. The summed E-state index contributed by atoms with van der Waals surface area (Å²) in [5.74, 6) is -9.96. The fourth-order valence-electron chi connectivity index (χ4n) is 1.82. The minimum absolute atomic E-state index is 0.234. The Bertz CT molecular complexity index is 586. The molecule has 0 radical (unpaired) electrons. The summed E-state index contributed by atoms with van der Waals surface area (Å²) in [4.78, 5) is 0. The summed E-state index contributed by atoms with van der Waals surface area (Å²) in [7, 11) is 0. The van der Waals surface area contributed by atoms with Gasteiger partial charge in [-0.3, -0.25) is 0 Å². The smallest absolute Gasteiger partial charge is 0.331 e. The highest BCUT2D eigenvalue weighted by atomic mass is 19.4. The van der Waals surface area contributed by atoms with Gasteiger partial charge in [0.1, 0.15) is 0 Å². The molecule has 124 valence electrons. The lowest BCUT2D eigenvalue weighted by Gasteiger charge is -2.36. The lowest BCUT2D eigenvalue weighted by atomic mass is 10.1. The Hall–Kier alpha value is -2.38. The molecule has 23 heavy (non-hydrogen) atoms. The minimum atomic E-state index is -6.09. The average molecular weight is 334 g/mol. The van der Waals surface area contributed by atoms with Crippen LogP contribution < -0.4 is 10.6 Å². The van der Waals surface area contributed by atoms with Gasteiger partial charge in [-0.1, -0.05) is 36.4 Å². The predicted octanol–water partition coefficient (Wildman–Crippen LogP) is 5.03. The molecule has 0 fully saturated rings. The van der Waals surface area contributed by atoms with Crippen molar-refractivity contribution in [1.82, 2.24) is 0 Å². The summed E-state index contributed by atoms with van der Waals surface area (Å²) in [6.45, 7) is 0. The lowest BCUT2D eigenvalue weighted by molar-refractivity contribution is -0.317. The Morgan fingerprint density at radius 2 is 0.913 bits per heavy atom. The molecule has 0 heterocycles. The van der Waals surface area contributed by atoms with Gasteiger partial charge in [0.15, 0.2) is 0 Å². The summed E-state index contributed by atoms with van der Waals surface area (Å²) in [5, 5.41) is 3.21. The molecule has 2 N–H and O–H groups in total. The molecule has 0 aromatic heterocycles. The Kier molecular flexibility index (Phi) is 4.44. The van der Waals surface area contributed by atoms with Gasteiger partial charge in [-0.25, -0.2) is 0 Å². The average Bonchev–Trinajstić information content (AvgIpc) is 2.48. The first-order valence-electron chi connectivity index (χ1n) is 6.46. The molecular formula is C15H12F6N2. The van der Waals surface area contributed by atoms with E-state index in [0.717, 1.165) is 0 Å². The second-order valence-corrected chi connectivity index (χ2v) is 4.71. The Morgan fingerprint density at radius 3 is 1.22 bits per heavy atom. The fourth-order valence-corrected chi connectivity index (χ4v) is 1.82. The third kappa shape index (κ3) is 3.52. The molecule has 2 aromatic rings. The molecule has 2 aromatic carbocycles. The van der Waals surface area contributed by atoms with Gasteiger partial charge in [0, 0.05) is 11.4 Å². The second-order valence-electron chi connectivity index (χ2n) is 4.71. The van der Waals surface area contributed by atoms with Crippen LogP contribution in [0.25, 0.3) is 0 Å². The number of alkyl halides is 6. The topological polar surface area (TPSA) is 24.1 Å². The van der Waals surface area contributed by atoms with E-state index in [4.69, 9.17) is 0 Å². The maximum Gasteiger partial charge on any atom is 0.461 e. The molecule has 0 unspecified atom stereocenters. The molecule has 0 bridgehead atoms. The van der Waals surface area contributed by atoms with Gasteiger partial charge < -0.3 is 10.6 Å². The van der Waals surface area contributed by atoms with E-state index in [1.807, 2.05) is 0 Å². The van der Waals surface area contributed by atoms with Gasteiger partial charge in [-0.2, -0.15) is 26.3 Å². The SMILES string of the molecule is FC(F)(F)C(F)(F)C(F)(Nc1ccccc1)Nc1ccccc1. The number of halogens is 6. The van der Waals surface area contributed by atoms with Crippen LogP contribution in [-0.2, 0) is 0 Å². The van der Waals surface area contributed by atoms with Crippen LogP contribution in [0.2, 0.25) is 0 Å². The highest BCUT2D eigenvalue weighted by Crippen LogP contribution is 2.46. The molecule has 0 aliphatic rings. The zero-order chi connectivity index (χ0) is 17.1. The Morgan fingerprint density at radius 1 is 0.565 bits per heavy atom. The van der Waals surface area contributed by atoms with Gasteiger partial charge in [-0.15, -0.1) is 0 Å². The largest absolute Gasteiger partial charge is 0.461 e.